The maximum atomic E-state index is 13.4. The Balaban J connectivity index is 1.99. The summed E-state index contributed by atoms with van der Waals surface area (Å²) in [6.45, 7) is 2.21. The van der Waals surface area contributed by atoms with Gasteiger partial charge >= 0.3 is 0 Å². The van der Waals surface area contributed by atoms with E-state index >= 15 is 0 Å². The lowest BCUT2D eigenvalue weighted by Crippen LogP contribution is -2.37. The van der Waals surface area contributed by atoms with Gasteiger partial charge in [0.05, 0.1) is 6.10 Å². The SMILES string of the molecule is O[C@@H]1CCCN(Cc2ccccc2F)C1. The molecule has 1 atom stereocenters. The number of hydrogen-bond donors (Lipinski definition) is 1. The molecule has 0 amide bonds. The van der Waals surface area contributed by atoms with Crippen LogP contribution >= 0.6 is 0 Å². The Morgan fingerprint density at radius 3 is 2.93 bits per heavy atom. The first-order valence-electron chi connectivity index (χ1n) is 5.39. The minimum Gasteiger partial charge on any atom is -0.392 e. The van der Waals surface area contributed by atoms with Gasteiger partial charge in [0, 0.05) is 18.7 Å². The van der Waals surface area contributed by atoms with E-state index in [2.05, 4.69) is 4.90 Å². The second-order valence-corrected chi connectivity index (χ2v) is 4.12. The number of aliphatic hydroxyl groups is 1. The molecule has 2 rings (SSSR count). The van der Waals surface area contributed by atoms with E-state index in [1.54, 1.807) is 12.1 Å². The van der Waals surface area contributed by atoms with E-state index in [-0.39, 0.29) is 11.9 Å². The van der Waals surface area contributed by atoms with E-state index in [1.165, 1.54) is 6.07 Å². The van der Waals surface area contributed by atoms with Gasteiger partial charge in [-0.15, -0.1) is 0 Å². The van der Waals surface area contributed by atoms with Crippen LogP contribution in [0.5, 0.6) is 0 Å². The van der Waals surface area contributed by atoms with Gasteiger partial charge in [0.25, 0.3) is 0 Å². The Labute approximate surface area is 89.3 Å². The molecule has 1 fully saturated rings. The summed E-state index contributed by atoms with van der Waals surface area (Å²) in [4.78, 5) is 2.10. The van der Waals surface area contributed by atoms with Crippen LogP contribution in [0.4, 0.5) is 4.39 Å². The Kier molecular flexibility index (Phi) is 3.34. The predicted octanol–water partition coefficient (Wildman–Crippen LogP) is 1.78. The Morgan fingerprint density at radius 1 is 1.40 bits per heavy atom. The highest BCUT2D eigenvalue weighted by Gasteiger charge is 2.18. The van der Waals surface area contributed by atoms with Gasteiger partial charge < -0.3 is 5.11 Å². The molecule has 15 heavy (non-hydrogen) atoms. The van der Waals surface area contributed by atoms with Gasteiger partial charge in [-0.25, -0.2) is 4.39 Å². The van der Waals surface area contributed by atoms with Crippen LogP contribution in [0, 0.1) is 5.82 Å². The van der Waals surface area contributed by atoms with Crippen molar-refractivity contribution in [2.75, 3.05) is 13.1 Å². The Hall–Kier alpha value is -0.930. The maximum absolute atomic E-state index is 13.4. The smallest absolute Gasteiger partial charge is 0.127 e. The summed E-state index contributed by atoms with van der Waals surface area (Å²) in [5, 5.41) is 9.49. The van der Waals surface area contributed by atoms with Crippen LogP contribution in [0.1, 0.15) is 18.4 Å². The monoisotopic (exact) mass is 209 g/mol. The topological polar surface area (TPSA) is 23.5 Å². The minimum atomic E-state index is -0.245. The molecule has 82 valence electrons. The summed E-state index contributed by atoms with van der Waals surface area (Å²) in [5.41, 5.74) is 0.714. The van der Waals surface area contributed by atoms with E-state index in [9.17, 15) is 9.50 Å². The first-order valence-corrected chi connectivity index (χ1v) is 5.39. The van der Waals surface area contributed by atoms with Crippen molar-refractivity contribution in [3.63, 3.8) is 0 Å². The van der Waals surface area contributed by atoms with Crippen molar-refractivity contribution >= 4 is 0 Å². The van der Waals surface area contributed by atoms with E-state index in [4.69, 9.17) is 0 Å². The van der Waals surface area contributed by atoms with Crippen molar-refractivity contribution in [1.82, 2.24) is 4.90 Å². The average Bonchev–Trinajstić information content (AvgIpc) is 2.22. The fraction of sp³-hybridized carbons (Fsp3) is 0.500. The molecule has 1 heterocycles. The molecule has 0 unspecified atom stereocenters. The number of hydrogen-bond acceptors (Lipinski definition) is 2. The van der Waals surface area contributed by atoms with Crippen LogP contribution in [0.2, 0.25) is 0 Å². The molecule has 0 aliphatic carbocycles. The lowest BCUT2D eigenvalue weighted by molar-refractivity contribution is 0.0663. The Morgan fingerprint density at radius 2 is 2.20 bits per heavy atom. The van der Waals surface area contributed by atoms with E-state index < -0.39 is 0 Å². The van der Waals surface area contributed by atoms with Gasteiger partial charge in [0.2, 0.25) is 0 Å². The molecule has 0 aromatic heterocycles. The molecule has 1 N–H and O–H groups in total. The zero-order valence-electron chi connectivity index (χ0n) is 8.69. The highest BCUT2D eigenvalue weighted by Crippen LogP contribution is 2.15. The van der Waals surface area contributed by atoms with Crippen LogP contribution in [0.25, 0.3) is 0 Å². The van der Waals surface area contributed by atoms with Gasteiger partial charge in [-0.2, -0.15) is 0 Å². The third kappa shape index (κ3) is 2.76. The lowest BCUT2D eigenvalue weighted by Gasteiger charge is -2.29. The third-order valence-electron chi connectivity index (χ3n) is 2.83. The molecule has 1 aromatic carbocycles. The first kappa shape index (κ1) is 10.6. The largest absolute Gasteiger partial charge is 0.392 e. The normalized spacial score (nSPS) is 22.9. The summed E-state index contributed by atoms with van der Waals surface area (Å²) in [7, 11) is 0. The number of aliphatic hydroxyl groups excluding tert-OH is 1. The molecule has 1 aromatic rings. The fourth-order valence-electron chi connectivity index (χ4n) is 2.04. The molecular weight excluding hydrogens is 193 g/mol. The highest BCUT2D eigenvalue weighted by atomic mass is 19.1. The number of benzene rings is 1. The number of piperidine rings is 1. The number of halogens is 1. The third-order valence-corrected chi connectivity index (χ3v) is 2.83. The maximum Gasteiger partial charge on any atom is 0.127 e. The molecule has 0 spiro atoms. The van der Waals surface area contributed by atoms with Crippen molar-refractivity contribution in [2.24, 2.45) is 0 Å². The van der Waals surface area contributed by atoms with E-state index in [0.29, 0.717) is 18.7 Å². The van der Waals surface area contributed by atoms with Crippen molar-refractivity contribution < 1.29 is 9.50 Å². The van der Waals surface area contributed by atoms with Crippen molar-refractivity contribution in [2.45, 2.75) is 25.5 Å². The van der Waals surface area contributed by atoms with Gasteiger partial charge in [-0.3, -0.25) is 4.90 Å². The van der Waals surface area contributed by atoms with E-state index in [0.717, 1.165) is 19.4 Å². The van der Waals surface area contributed by atoms with Crippen LogP contribution in [-0.2, 0) is 6.54 Å². The van der Waals surface area contributed by atoms with Gasteiger partial charge in [0.15, 0.2) is 0 Å². The molecule has 1 aliphatic rings. The van der Waals surface area contributed by atoms with Crippen LogP contribution in [0.15, 0.2) is 24.3 Å². The van der Waals surface area contributed by atoms with Crippen LogP contribution in [0.3, 0.4) is 0 Å². The van der Waals surface area contributed by atoms with Gasteiger partial charge in [-0.05, 0) is 25.5 Å². The molecule has 3 heteroatoms. The molecule has 0 saturated carbocycles. The fourth-order valence-corrected chi connectivity index (χ4v) is 2.04. The first-order chi connectivity index (χ1) is 7.25. The predicted molar refractivity (Wildman–Crippen MR) is 56.9 cm³/mol. The summed E-state index contributed by atoms with van der Waals surface area (Å²) in [6, 6.07) is 6.83. The van der Waals surface area contributed by atoms with Gasteiger partial charge in [0.1, 0.15) is 5.82 Å². The molecule has 0 radical (unpaired) electrons. The zero-order chi connectivity index (χ0) is 10.7. The van der Waals surface area contributed by atoms with Crippen LogP contribution in [-0.4, -0.2) is 29.2 Å². The van der Waals surface area contributed by atoms with Crippen molar-refractivity contribution in [3.8, 4) is 0 Å². The lowest BCUT2D eigenvalue weighted by atomic mass is 10.1. The molecule has 1 aliphatic heterocycles. The van der Waals surface area contributed by atoms with E-state index in [1.807, 2.05) is 6.07 Å². The summed E-state index contributed by atoms with van der Waals surface area (Å²) >= 11 is 0. The summed E-state index contributed by atoms with van der Waals surface area (Å²) < 4.78 is 13.4. The molecule has 1 saturated heterocycles. The minimum absolute atomic E-state index is 0.155. The standard InChI is InChI=1S/C12H16FNO/c13-12-6-2-1-4-10(12)8-14-7-3-5-11(15)9-14/h1-2,4,6,11,15H,3,5,7-9H2/t11-/m1/s1. The number of rotatable bonds is 2. The quantitative estimate of drug-likeness (QED) is 0.802. The Bertz CT molecular complexity index is 329. The number of β-amino-alcohol motifs (C(OH)–C–C–N with tert-alkyl or cyclic N) is 1. The number of nitrogens with zero attached hydrogens (tertiary/aromatic N) is 1. The second-order valence-electron chi connectivity index (χ2n) is 4.12. The van der Waals surface area contributed by atoms with Gasteiger partial charge in [-0.1, -0.05) is 18.2 Å². The molecular formula is C12H16FNO. The molecule has 2 nitrogen and oxygen atoms in total. The van der Waals surface area contributed by atoms with Crippen molar-refractivity contribution in [1.29, 1.82) is 0 Å². The average molecular weight is 209 g/mol. The molecule has 0 bridgehead atoms. The summed E-state index contributed by atoms with van der Waals surface area (Å²) in [5.74, 6) is -0.155. The highest BCUT2D eigenvalue weighted by molar-refractivity contribution is 5.17. The summed E-state index contributed by atoms with van der Waals surface area (Å²) in [6.07, 6.45) is 1.62. The number of likely N-dealkylation sites (tertiary alicyclic amines) is 1. The second kappa shape index (κ2) is 4.73. The van der Waals surface area contributed by atoms with Crippen LogP contribution < -0.4 is 0 Å². The van der Waals surface area contributed by atoms with Crippen molar-refractivity contribution in [3.05, 3.63) is 35.6 Å². The zero-order valence-corrected chi connectivity index (χ0v) is 8.69.